The molecule has 25 heavy (non-hydrogen) atoms. The largest absolute Gasteiger partial charge is 0.396 e. The fourth-order valence-electron chi connectivity index (χ4n) is 4.38. The molecule has 0 saturated carbocycles. The van der Waals surface area contributed by atoms with E-state index < -0.39 is 0 Å². The average Bonchev–Trinajstić information content (AvgIpc) is 3.21. The molecule has 2 atom stereocenters. The Balaban J connectivity index is 1.55. The van der Waals surface area contributed by atoms with Gasteiger partial charge in [-0.3, -0.25) is 9.48 Å². The first-order chi connectivity index (χ1) is 12.0. The smallest absolute Gasteiger partial charge is 0.224 e. The first-order valence-corrected chi connectivity index (χ1v) is 9.67. The zero-order valence-electron chi connectivity index (χ0n) is 15.7. The second-order valence-electron chi connectivity index (χ2n) is 7.86. The molecule has 0 bridgehead atoms. The molecule has 6 heteroatoms. The van der Waals surface area contributed by atoms with E-state index in [4.69, 9.17) is 0 Å². The maximum atomic E-state index is 12.7. The van der Waals surface area contributed by atoms with E-state index in [0.717, 1.165) is 30.9 Å². The van der Waals surface area contributed by atoms with Crippen molar-refractivity contribution in [2.24, 2.45) is 11.8 Å². The molecule has 2 aliphatic rings. The Morgan fingerprint density at radius 3 is 2.60 bits per heavy atom. The zero-order chi connectivity index (χ0) is 17.8. The Hall–Kier alpha value is -1.40. The molecule has 0 spiro atoms. The van der Waals surface area contributed by atoms with Gasteiger partial charge >= 0.3 is 0 Å². The number of aryl methyl sites for hydroxylation is 3. The fourth-order valence-corrected chi connectivity index (χ4v) is 4.38. The normalized spacial score (nSPS) is 24.8. The molecule has 0 radical (unpaired) electrons. The second kappa shape index (κ2) is 8.32. The summed E-state index contributed by atoms with van der Waals surface area (Å²) in [7, 11) is 0. The van der Waals surface area contributed by atoms with Crippen molar-refractivity contribution in [2.45, 2.75) is 46.1 Å². The summed E-state index contributed by atoms with van der Waals surface area (Å²) < 4.78 is 1.92. The van der Waals surface area contributed by atoms with Crippen molar-refractivity contribution in [3.05, 3.63) is 17.5 Å². The Morgan fingerprint density at radius 1 is 1.24 bits per heavy atom. The number of nitrogens with zero attached hydrogens (tertiary/aromatic N) is 4. The lowest BCUT2D eigenvalue weighted by Crippen LogP contribution is -2.47. The van der Waals surface area contributed by atoms with Crippen LogP contribution < -0.4 is 0 Å². The molecule has 1 amide bonds. The van der Waals surface area contributed by atoms with Gasteiger partial charge in [0.1, 0.15) is 0 Å². The highest BCUT2D eigenvalue weighted by Crippen LogP contribution is 2.24. The van der Waals surface area contributed by atoms with E-state index in [9.17, 15) is 9.90 Å². The number of likely N-dealkylation sites (tertiary alicyclic amines) is 2. The van der Waals surface area contributed by atoms with Gasteiger partial charge in [0.2, 0.25) is 5.91 Å². The number of hydrogen-bond acceptors (Lipinski definition) is 4. The SMILES string of the molecule is Cc1cc(C)n(CCC(=O)N2C[C@@H](CO)C[C@@H](CN3CCCC3)C2)n1. The average molecular weight is 348 g/mol. The van der Waals surface area contributed by atoms with Crippen LogP contribution in [-0.4, -0.2) is 69.9 Å². The minimum atomic E-state index is 0.178. The summed E-state index contributed by atoms with van der Waals surface area (Å²) in [5.74, 6) is 0.901. The topological polar surface area (TPSA) is 61.6 Å². The van der Waals surface area contributed by atoms with Crippen LogP contribution in [0.2, 0.25) is 0 Å². The molecule has 6 nitrogen and oxygen atoms in total. The number of aromatic nitrogens is 2. The lowest BCUT2D eigenvalue weighted by atomic mass is 9.89. The highest BCUT2D eigenvalue weighted by molar-refractivity contribution is 5.76. The van der Waals surface area contributed by atoms with Crippen molar-refractivity contribution < 1.29 is 9.90 Å². The first-order valence-electron chi connectivity index (χ1n) is 9.67. The molecule has 0 unspecified atom stereocenters. The van der Waals surface area contributed by atoms with Gasteiger partial charge in [-0.05, 0) is 64.1 Å². The number of amides is 1. The van der Waals surface area contributed by atoms with Crippen LogP contribution >= 0.6 is 0 Å². The Morgan fingerprint density at radius 2 is 1.96 bits per heavy atom. The van der Waals surface area contributed by atoms with Gasteiger partial charge in [0.25, 0.3) is 0 Å². The summed E-state index contributed by atoms with van der Waals surface area (Å²) in [5.41, 5.74) is 2.10. The quantitative estimate of drug-likeness (QED) is 0.845. The molecular weight excluding hydrogens is 316 g/mol. The van der Waals surface area contributed by atoms with Crippen molar-refractivity contribution in [3.8, 4) is 0 Å². The highest BCUT2D eigenvalue weighted by Gasteiger charge is 2.31. The van der Waals surface area contributed by atoms with Crippen LogP contribution in [0.4, 0.5) is 0 Å². The minimum Gasteiger partial charge on any atom is -0.396 e. The molecule has 3 heterocycles. The van der Waals surface area contributed by atoms with E-state index in [1.807, 2.05) is 29.5 Å². The maximum absolute atomic E-state index is 12.7. The lowest BCUT2D eigenvalue weighted by molar-refractivity contribution is -0.135. The highest BCUT2D eigenvalue weighted by atomic mass is 16.3. The Kier molecular flexibility index (Phi) is 6.12. The summed E-state index contributed by atoms with van der Waals surface area (Å²) in [4.78, 5) is 17.2. The summed E-state index contributed by atoms with van der Waals surface area (Å²) >= 11 is 0. The number of hydrogen-bond donors (Lipinski definition) is 1. The zero-order valence-corrected chi connectivity index (χ0v) is 15.7. The third-order valence-corrected chi connectivity index (χ3v) is 5.59. The van der Waals surface area contributed by atoms with Crippen molar-refractivity contribution in [1.29, 1.82) is 0 Å². The van der Waals surface area contributed by atoms with Gasteiger partial charge in [0, 0.05) is 44.9 Å². The lowest BCUT2D eigenvalue weighted by Gasteiger charge is -2.38. The molecule has 140 valence electrons. The number of carbonyl (C=O) groups is 1. The van der Waals surface area contributed by atoms with Crippen LogP contribution in [0.5, 0.6) is 0 Å². The summed E-state index contributed by atoms with van der Waals surface area (Å²) in [5, 5.41) is 14.1. The standard InChI is InChI=1S/C19H32N4O2/c1-15-9-16(2)23(20-15)8-5-19(25)22-12-17(10-18(13-22)14-24)11-21-6-3-4-7-21/h9,17-18,24H,3-8,10-14H2,1-2H3/t17-,18-/m0/s1. The van der Waals surface area contributed by atoms with Gasteiger partial charge < -0.3 is 14.9 Å². The van der Waals surface area contributed by atoms with Crippen LogP contribution in [0.25, 0.3) is 0 Å². The molecule has 3 rings (SSSR count). The predicted molar refractivity (Wildman–Crippen MR) is 97.3 cm³/mol. The number of piperidine rings is 1. The number of carbonyl (C=O) groups excluding carboxylic acids is 1. The second-order valence-corrected chi connectivity index (χ2v) is 7.86. The van der Waals surface area contributed by atoms with Crippen LogP contribution in [-0.2, 0) is 11.3 Å². The Labute approximate surface area is 150 Å². The Bertz CT molecular complexity index is 580. The van der Waals surface area contributed by atoms with E-state index in [1.165, 1.54) is 25.9 Å². The van der Waals surface area contributed by atoms with Crippen LogP contribution in [0.1, 0.15) is 37.1 Å². The van der Waals surface area contributed by atoms with Crippen molar-refractivity contribution in [1.82, 2.24) is 19.6 Å². The van der Waals surface area contributed by atoms with Gasteiger partial charge in [-0.15, -0.1) is 0 Å². The van der Waals surface area contributed by atoms with E-state index in [0.29, 0.717) is 25.4 Å². The van der Waals surface area contributed by atoms with E-state index in [-0.39, 0.29) is 18.4 Å². The summed E-state index contributed by atoms with van der Waals surface area (Å²) in [6.45, 7) is 9.79. The van der Waals surface area contributed by atoms with Crippen LogP contribution in [0.3, 0.4) is 0 Å². The first kappa shape index (κ1) is 18.4. The third-order valence-electron chi connectivity index (χ3n) is 5.59. The van der Waals surface area contributed by atoms with Gasteiger partial charge in [0.15, 0.2) is 0 Å². The molecule has 2 aliphatic heterocycles. The van der Waals surface area contributed by atoms with E-state index >= 15 is 0 Å². The van der Waals surface area contributed by atoms with Crippen molar-refractivity contribution in [2.75, 3.05) is 39.3 Å². The van der Waals surface area contributed by atoms with Crippen molar-refractivity contribution >= 4 is 5.91 Å². The fraction of sp³-hybridized carbons (Fsp3) is 0.789. The summed E-state index contributed by atoms with van der Waals surface area (Å²) in [6, 6.07) is 2.04. The summed E-state index contributed by atoms with van der Waals surface area (Å²) in [6.07, 6.45) is 4.10. The maximum Gasteiger partial charge on any atom is 0.224 e. The molecule has 0 aliphatic carbocycles. The van der Waals surface area contributed by atoms with E-state index in [2.05, 4.69) is 10.00 Å². The molecule has 2 fully saturated rings. The van der Waals surface area contributed by atoms with Crippen LogP contribution in [0.15, 0.2) is 6.07 Å². The number of aliphatic hydroxyl groups is 1. The molecule has 1 aromatic heterocycles. The molecule has 2 saturated heterocycles. The van der Waals surface area contributed by atoms with Crippen molar-refractivity contribution in [3.63, 3.8) is 0 Å². The third kappa shape index (κ3) is 4.82. The van der Waals surface area contributed by atoms with E-state index in [1.54, 1.807) is 0 Å². The monoisotopic (exact) mass is 348 g/mol. The number of rotatable bonds is 6. The van der Waals surface area contributed by atoms with Gasteiger partial charge in [0.05, 0.1) is 5.69 Å². The van der Waals surface area contributed by atoms with Gasteiger partial charge in [-0.25, -0.2) is 0 Å². The van der Waals surface area contributed by atoms with Gasteiger partial charge in [-0.1, -0.05) is 0 Å². The molecule has 1 aromatic rings. The predicted octanol–water partition coefficient (Wildman–Crippen LogP) is 1.44. The molecule has 1 N–H and O–H groups in total. The molecular formula is C19H32N4O2. The van der Waals surface area contributed by atoms with Crippen LogP contribution in [0, 0.1) is 25.7 Å². The molecule has 0 aromatic carbocycles. The minimum absolute atomic E-state index is 0.178. The number of aliphatic hydroxyl groups excluding tert-OH is 1. The van der Waals surface area contributed by atoms with Gasteiger partial charge in [-0.2, -0.15) is 5.10 Å².